The van der Waals surface area contributed by atoms with Crippen LogP contribution < -0.4 is 5.32 Å². The smallest absolute Gasteiger partial charge is 0.220 e. The Labute approximate surface area is 155 Å². The Morgan fingerprint density at radius 1 is 1.19 bits per heavy atom. The lowest BCUT2D eigenvalue weighted by atomic mass is 9.76. The van der Waals surface area contributed by atoms with Gasteiger partial charge in [0.25, 0.3) is 0 Å². The summed E-state index contributed by atoms with van der Waals surface area (Å²) in [7, 11) is 0. The van der Waals surface area contributed by atoms with Crippen LogP contribution in [0.15, 0.2) is 30.3 Å². The minimum absolute atomic E-state index is 0.131. The van der Waals surface area contributed by atoms with Crippen molar-refractivity contribution in [3.05, 3.63) is 35.9 Å². The fraction of sp³-hybridized carbons (Fsp3) is 0.619. The lowest BCUT2D eigenvalue weighted by molar-refractivity contribution is -0.130. The van der Waals surface area contributed by atoms with E-state index in [4.69, 9.17) is 0 Å². The number of nitrogens with zero attached hydrogens (tertiary/aromatic N) is 2. The van der Waals surface area contributed by atoms with Crippen molar-refractivity contribution in [2.75, 3.05) is 26.2 Å². The maximum atomic E-state index is 12.2. The van der Waals surface area contributed by atoms with Crippen LogP contribution in [0.4, 0.5) is 0 Å². The van der Waals surface area contributed by atoms with Crippen molar-refractivity contribution in [1.29, 1.82) is 0 Å². The molecule has 1 aromatic rings. The van der Waals surface area contributed by atoms with Gasteiger partial charge in [0.05, 0.1) is 5.54 Å². The lowest BCUT2D eigenvalue weighted by Gasteiger charge is -2.40. The summed E-state index contributed by atoms with van der Waals surface area (Å²) in [5.74, 6) is 0.729. The van der Waals surface area contributed by atoms with E-state index in [9.17, 15) is 9.59 Å². The second-order valence-electron chi connectivity index (χ2n) is 8.19. The van der Waals surface area contributed by atoms with Crippen molar-refractivity contribution in [1.82, 2.24) is 15.1 Å². The van der Waals surface area contributed by atoms with Crippen LogP contribution in [0.5, 0.6) is 0 Å². The van der Waals surface area contributed by atoms with E-state index in [2.05, 4.69) is 40.5 Å². The zero-order valence-electron chi connectivity index (χ0n) is 15.6. The van der Waals surface area contributed by atoms with Gasteiger partial charge in [0.15, 0.2) is 0 Å². The van der Waals surface area contributed by atoms with Crippen LogP contribution in [0.2, 0.25) is 0 Å². The second kappa shape index (κ2) is 7.03. The maximum absolute atomic E-state index is 12.2. The average molecular weight is 355 g/mol. The number of hydrogen-bond donors (Lipinski definition) is 1. The highest BCUT2D eigenvalue weighted by molar-refractivity contribution is 5.78. The Kier molecular flexibility index (Phi) is 4.74. The van der Waals surface area contributed by atoms with Gasteiger partial charge in [-0.15, -0.1) is 0 Å². The minimum Gasteiger partial charge on any atom is -0.349 e. The minimum atomic E-state index is -0.131. The predicted molar refractivity (Wildman–Crippen MR) is 101 cm³/mol. The van der Waals surface area contributed by atoms with Gasteiger partial charge in [0, 0.05) is 51.5 Å². The number of hydrogen-bond acceptors (Lipinski definition) is 3. The van der Waals surface area contributed by atoms with Gasteiger partial charge in [0.2, 0.25) is 11.8 Å². The summed E-state index contributed by atoms with van der Waals surface area (Å²) >= 11 is 0. The Hall–Kier alpha value is -1.88. The van der Waals surface area contributed by atoms with Gasteiger partial charge in [-0.25, -0.2) is 0 Å². The van der Waals surface area contributed by atoms with Crippen LogP contribution in [0.3, 0.4) is 0 Å². The highest BCUT2D eigenvalue weighted by Gasteiger charge is 2.50. The lowest BCUT2D eigenvalue weighted by Crippen LogP contribution is -2.56. The summed E-state index contributed by atoms with van der Waals surface area (Å²) in [5, 5.41) is 3.39. The zero-order valence-corrected chi connectivity index (χ0v) is 15.6. The largest absolute Gasteiger partial charge is 0.349 e. The molecule has 3 saturated heterocycles. The molecule has 3 fully saturated rings. The first-order valence-corrected chi connectivity index (χ1v) is 9.93. The molecule has 0 bridgehead atoms. The molecule has 1 spiro atoms. The van der Waals surface area contributed by atoms with Crippen molar-refractivity contribution >= 4 is 11.8 Å². The maximum Gasteiger partial charge on any atom is 0.220 e. The molecule has 0 aromatic heterocycles. The molecule has 3 heterocycles. The van der Waals surface area contributed by atoms with E-state index in [1.807, 2.05) is 4.90 Å². The summed E-state index contributed by atoms with van der Waals surface area (Å²) in [4.78, 5) is 28.4. The summed E-state index contributed by atoms with van der Waals surface area (Å²) < 4.78 is 0. The molecule has 0 radical (unpaired) electrons. The molecule has 5 nitrogen and oxygen atoms in total. The third-order valence-corrected chi connectivity index (χ3v) is 6.61. The van der Waals surface area contributed by atoms with Gasteiger partial charge >= 0.3 is 0 Å². The van der Waals surface area contributed by atoms with Crippen molar-refractivity contribution in [2.24, 2.45) is 0 Å². The number of benzene rings is 1. The Morgan fingerprint density at radius 2 is 1.92 bits per heavy atom. The number of amides is 2. The quantitative estimate of drug-likeness (QED) is 0.884. The summed E-state index contributed by atoms with van der Waals surface area (Å²) in [5.41, 5.74) is 1.20. The fourth-order valence-electron chi connectivity index (χ4n) is 5.23. The molecular weight excluding hydrogens is 326 g/mol. The van der Waals surface area contributed by atoms with Gasteiger partial charge < -0.3 is 10.2 Å². The highest BCUT2D eigenvalue weighted by atomic mass is 16.2. The van der Waals surface area contributed by atoms with Crippen molar-refractivity contribution in [2.45, 2.75) is 56.5 Å². The van der Waals surface area contributed by atoms with E-state index in [-0.39, 0.29) is 17.4 Å². The van der Waals surface area contributed by atoms with Crippen molar-refractivity contribution in [3.8, 4) is 0 Å². The molecule has 0 saturated carbocycles. The number of carbonyl (C=O) groups excluding carboxylic acids is 2. The van der Waals surface area contributed by atoms with Crippen LogP contribution >= 0.6 is 0 Å². The molecule has 3 aliphatic heterocycles. The summed E-state index contributed by atoms with van der Waals surface area (Å²) in [6, 6.07) is 11.2. The van der Waals surface area contributed by atoms with Gasteiger partial charge in [-0.2, -0.15) is 0 Å². The first-order chi connectivity index (χ1) is 12.6. The molecule has 0 unspecified atom stereocenters. The molecule has 3 aliphatic rings. The topological polar surface area (TPSA) is 52.7 Å². The van der Waals surface area contributed by atoms with Crippen molar-refractivity contribution < 1.29 is 9.59 Å². The standard InChI is InChI=1S/C21H29N3O2/c1-16(25)23-12-9-18(10-13-23)24-14-19(17-6-3-2-4-7-17)21(15-24)11-5-8-20(26)22-21/h2-4,6-7,18-19H,5,8-15H2,1H3,(H,22,26)/t19-,21-/m1/s1. The van der Waals surface area contributed by atoms with Gasteiger partial charge in [-0.1, -0.05) is 30.3 Å². The van der Waals surface area contributed by atoms with Gasteiger partial charge in [0.1, 0.15) is 0 Å². The predicted octanol–water partition coefficient (Wildman–Crippen LogP) is 2.14. The summed E-state index contributed by atoms with van der Waals surface area (Å²) in [6.07, 6.45) is 4.75. The first kappa shape index (κ1) is 17.5. The fourth-order valence-corrected chi connectivity index (χ4v) is 5.23. The number of rotatable bonds is 2. The second-order valence-corrected chi connectivity index (χ2v) is 8.19. The highest BCUT2D eigenvalue weighted by Crippen LogP contribution is 2.42. The van der Waals surface area contributed by atoms with Crippen LogP contribution in [0.1, 0.15) is 50.5 Å². The van der Waals surface area contributed by atoms with Crippen LogP contribution in [0, 0.1) is 0 Å². The molecular formula is C21H29N3O2. The molecule has 0 aliphatic carbocycles. The van der Waals surface area contributed by atoms with Crippen LogP contribution in [0.25, 0.3) is 0 Å². The van der Waals surface area contributed by atoms with Crippen molar-refractivity contribution in [3.63, 3.8) is 0 Å². The monoisotopic (exact) mass is 355 g/mol. The molecule has 26 heavy (non-hydrogen) atoms. The van der Waals surface area contributed by atoms with E-state index < -0.39 is 0 Å². The first-order valence-electron chi connectivity index (χ1n) is 9.93. The molecule has 2 amide bonds. The van der Waals surface area contributed by atoms with Crippen LogP contribution in [-0.4, -0.2) is 59.4 Å². The van der Waals surface area contributed by atoms with E-state index in [1.54, 1.807) is 6.92 Å². The SMILES string of the molecule is CC(=O)N1CCC(N2C[C@H](c3ccccc3)[C@@]3(CCCC(=O)N3)C2)CC1. The summed E-state index contributed by atoms with van der Waals surface area (Å²) in [6.45, 7) is 5.30. The van der Waals surface area contributed by atoms with Crippen LogP contribution in [-0.2, 0) is 9.59 Å². The van der Waals surface area contributed by atoms with E-state index in [1.165, 1.54) is 5.56 Å². The molecule has 4 rings (SSSR count). The van der Waals surface area contributed by atoms with Gasteiger partial charge in [-0.05, 0) is 31.2 Å². The average Bonchev–Trinajstić information content (AvgIpc) is 3.01. The normalized spacial score (nSPS) is 30.6. The molecule has 1 aromatic carbocycles. The molecule has 1 N–H and O–H groups in total. The molecule has 2 atom stereocenters. The Bertz CT molecular complexity index is 669. The van der Waals surface area contributed by atoms with Gasteiger partial charge in [-0.3, -0.25) is 14.5 Å². The number of nitrogens with one attached hydrogen (secondary N) is 1. The number of piperidine rings is 2. The third-order valence-electron chi connectivity index (χ3n) is 6.61. The number of likely N-dealkylation sites (tertiary alicyclic amines) is 2. The number of carbonyl (C=O) groups is 2. The zero-order chi connectivity index (χ0) is 18.1. The molecule has 140 valence electrons. The molecule has 5 heteroatoms. The van der Waals surface area contributed by atoms with E-state index in [0.29, 0.717) is 18.4 Å². The van der Waals surface area contributed by atoms with E-state index >= 15 is 0 Å². The Morgan fingerprint density at radius 3 is 2.58 bits per heavy atom. The Balaban J connectivity index is 1.54. The third kappa shape index (κ3) is 3.25. The van der Waals surface area contributed by atoms with E-state index in [0.717, 1.165) is 51.9 Å².